The molecule has 0 amide bonds. The maximum atomic E-state index is 4.34. The summed E-state index contributed by atoms with van der Waals surface area (Å²) in [5, 5.41) is 4.34. The van der Waals surface area contributed by atoms with Gasteiger partial charge in [0.05, 0.1) is 11.7 Å². The van der Waals surface area contributed by atoms with E-state index in [1.54, 1.807) is 18.6 Å². The second-order valence-electron chi connectivity index (χ2n) is 4.49. The summed E-state index contributed by atoms with van der Waals surface area (Å²) in [6, 6.07) is 3.98. The van der Waals surface area contributed by atoms with E-state index >= 15 is 0 Å². The van der Waals surface area contributed by atoms with Crippen molar-refractivity contribution in [3.8, 4) is 11.1 Å². The van der Waals surface area contributed by atoms with E-state index in [2.05, 4.69) is 25.0 Å². The zero-order valence-corrected chi connectivity index (χ0v) is 10.7. The smallest absolute Gasteiger partial charge is 0.178 e. The fraction of sp³-hybridized carbons (Fsp3) is 0.0714. The van der Waals surface area contributed by atoms with Crippen LogP contribution in [0, 0.1) is 6.92 Å². The Kier molecular flexibility index (Phi) is 2.23. The summed E-state index contributed by atoms with van der Waals surface area (Å²) >= 11 is 0. The molecule has 0 fully saturated rings. The van der Waals surface area contributed by atoms with E-state index in [1.807, 2.05) is 36.0 Å². The van der Waals surface area contributed by atoms with Gasteiger partial charge in [-0.1, -0.05) is 0 Å². The van der Waals surface area contributed by atoms with E-state index in [9.17, 15) is 0 Å². The first-order valence-corrected chi connectivity index (χ1v) is 6.19. The Morgan fingerprint density at radius 2 is 1.90 bits per heavy atom. The molecule has 0 unspecified atom stereocenters. The SMILES string of the molecule is Cc1ncc2c(-c3cnc4nccnc4c3)ccn2n1. The van der Waals surface area contributed by atoms with Crippen molar-refractivity contribution in [2.24, 2.45) is 0 Å². The molecule has 0 radical (unpaired) electrons. The summed E-state index contributed by atoms with van der Waals surface area (Å²) in [5.74, 6) is 0.738. The van der Waals surface area contributed by atoms with Crippen molar-refractivity contribution in [1.29, 1.82) is 0 Å². The van der Waals surface area contributed by atoms with Crippen molar-refractivity contribution < 1.29 is 0 Å². The molecule has 4 aromatic heterocycles. The van der Waals surface area contributed by atoms with Crippen LogP contribution >= 0.6 is 0 Å². The first-order chi connectivity index (χ1) is 9.81. The van der Waals surface area contributed by atoms with E-state index in [-0.39, 0.29) is 0 Å². The van der Waals surface area contributed by atoms with Crippen molar-refractivity contribution in [2.45, 2.75) is 6.92 Å². The highest BCUT2D eigenvalue weighted by Crippen LogP contribution is 2.25. The summed E-state index contributed by atoms with van der Waals surface area (Å²) < 4.78 is 1.82. The van der Waals surface area contributed by atoms with Gasteiger partial charge in [-0.3, -0.25) is 4.98 Å². The molecular formula is C14H10N6. The minimum atomic E-state index is 0.645. The molecule has 0 atom stereocenters. The lowest BCUT2D eigenvalue weighted by Crippen LogP contribution is -1.95. The van der Waals surface area contributed by atoms with Crippen LogP contribution in [0.2, 0.25) is 0 Å². The number of hydrogen-bond acceptors (Lipinski definition) is 5. The van der Waals surface area contributed by atoms with Crippen LogP contribution in [0.15, 0.2) is 43.1 Å². The predicted octanol–water partition coefficient (Wildman–Crippen LogP) is 2.04. The normalized spacial score (nSPS) is 11.2. The van der Waals surface area contributed by atoms with E-state index in [1.165, 1.54) is 0 Å². The van der Waals surface area contributed by atoms with Gasteiger partial charge in [0, 0.05) is 35.9 Å². The Balaban J connectivity index is 1.96. The minimum Gasteiger partial charge on any atom is -0.251 e. The first-order valence-electron chi connectivity index (χ1n) is 6.19. The molecule has 0 aliphatic carbocycles. The average molecular weight is 262 g/mol. The molecule has 0 aromatic carbocycles. The molecule has 6 nitrogen and oxygen atoms in total. The molecule has 6 heteroatoms. The van der Waals surface area contributed by atoms with Crippen molar-refractivity contribution in [3.05, 3.63) is 48.9 Å². The number of aryl methyl sites for hydroxylation is 1. The highest BCUT2D eigenvalue weighted by Gasteiger charge is 2.08. The van der Waals surface area contributed by atoms with E-state index in [0.29, 0.717) is 5.65 Å². The van der Waals surface area contributed by atoms with Crippen LogP contribution in [-0.4, -0.2) is 29.5 Å². The molecule has 4 rings (SSSR count). The van der Waals surface area contributed by atoms with Gasteiger partial charge < -0.3 is 0 Å². The van der Waals surface area contributed by atoms with Crippen LogP contribution in [0.4, 0.5) is 0 Å². The molecule has 0 spiro atoms. The average Bonchev–Trinajstić information content (AvgIpc) is 2.89. The minimum absolute atomic E-state index is 0.645. The van der Waals surface area contributed by atoms with Gasteiger partial charge in [-0.2, -0.15) is 5.10 Å². The topological polar surface area (TPSA) is 68.9 Å². The molecule has 0 saturated carbocycles. The van der Waals surface area contributed by atoms with Gasteiger partial charge in [0.2, 0.25) is 0 Å². The predicted molar refractivity (Wildman–Crippen MR) is 74.1 cm³/mol. The number of aromatic nitrogens is 6. The molecule has 0 N–H and O–H groups in total. The zero-order chi connectivity index (χ0) is 13.5. The van der Waals surface area contributed by atoms with Crippen LogP contribution in [0.3, 0.4) is 0 Å². The third-order valence-electron chi connectivity index (χ3n) is 3.17. The molecule has 0 bridgehead atoms. The van der Waals surface area contributed by atoms with Crippen molar-refractivity contribution >= 4 is 16.7 Å². The maximum Gasteiger partial charge on any atom is 0.178 e. The van der Waals surface area contributed by atoms with Gasteiger partial charge in [-0.05, 0) is 19.1 Å². The first kappa shape index (κ1) is 11.0. The van der Waals surface area contributed by atoms with Crippen LogP contribution in [0.25, 0.3) is 27.8 Å². The quantitative estimate of drug-likeness (QED) is 0.525. The fourth-order valence-electron chi connectivity index (χ4n) is 2.24. The molecule has 20 heavy (non-hydrogen) atoms. The lowest BCUT2D eigenvalue weighted by atomic mass is 10.1. The van der Waals surface area contributed by atoms with E-state index < -0.39 is 0 Å². The van der Waals surface area contributed by atoms with Crippen LogP contribution in [0.1, 0.15) is 5.82 Å². The standard InChI is InChI=1S/C14H10N6/c1-9-17-8-13-11(2-5-20(13)19-9)10-6-12-14(18-7-10)16-4-3-15-12/h2-8H,1H3. The highest BCUT2D eigenvalue weighted by atomic mass is 15.2. The van der Waals surface area contributed by atoms with Gasteiger partial charge in [-0.25, -0.2) is 19.5 Å². The molecule has 96 valence electrons. The number of fused-ring (bicyclic) bond motifs is 2. The fourth-order valence-corrected chi connectivity index (χ4v) is 2.24. The van der Waals surface area contributed by atoms with Gasteiger partial charge in [-0.15, -0.1) is 0 Å². The summed E-state index contributed by atoms with van der Waals surface area (Å²) in [5.41, 5.74) is 4.38. The largest absolute Gasteiger partial charge is 0.251 e. The Bertz CT molecular complexity index is 927. The second-order valence-corrected chi connectivity index (χ2v) is 4.49. The van der Waals surface area contributed by atoms with E-state index in [4.69, 9.17) is 0 Å². The van der Waals surface area contributed by atoms with Crippen molar-refractivity contribution in [1.82, 2.24) is 29.5 Å². The number of nitrogens with zero attached hydrogens (tertiary/aromatic N) is 6. The van der Waals surface area contributed by atoms with Crippen molar-refractivity contribution in [3.63, 3.8) is 0 Å². The van der Waals surface area contributed by atoms with Gasteiger partial charge in [0.15, 0.2) is 5.65 Å². The molecular weight excluding hydrogens is 252 g/mol. The van der Waals surface area contributed by atoms with Crippen molar-refractivity contribution in [2.75, 3.05) is 0 Å². The van der Waals surface area contributed by atoms with Crippen LogP contribution in [-0.2, 0) is 0 Å². The molecule has 4 aromatic rings. The number of pyridine rings is 1. The van der Waals surface area contributed by atoms with Crippen LogP contribution in [0.5, 0.6) is 0 Å². The molecule has 4 heterocycles. The Labute approximate surface area is 114 Å². The van der Waals surface area contributed by atoms with Gasteiger partial charge in [0.25, 0.3) is 0 Å². The molecule has 0 saturated heterocycles. The number of hydrogen-bond donors (Lipinski definition) is 0. The lowest BCUT2D eigenvalue weighted by Gasteiger charge is -2.01. The number of rotatable bonds is 1. The molecule has 0 aliphatic rings. The Morgan fingerprint density at radius 3 is 2.85 bits per heavy atom. The second kappa shape index (κ2) is 4.06. The summed E-state index contributed by atoms with van der Waals surface area (Å²) in [6.07, 6.45) is 8.84. The Hall–Kier alpha value is -2.89. The lowest BCUT2D eigenvalue weighted by molar-refractivity contribution is 0.857. The summed E-state index contributed by atoms with van der Waals surface area (Å²) in [7, 11) is 0. The van der Waals surface area contributed by atoms with Gasteiger partial charge in [0.1, 0.15) is 11.3 Å². The van der Waals surface area contributed by atoms with E-state index in [0.717, 1.165) is 28.0 Å². The van der Waals surface area contributed by atoms with Gasteiger partial charge >= 0.3 is 0 Å². The maximum absolute atomic E-state index is 4.34. The highest BCUT2D eigenvalue weighted by molar-refractivity contribution is 5.84. The third-order valence-corrected chi connectivity index (χ3v) is 3.17. The Morgan fingerprint density at radius 1 is 1.00 bits per heavy atom. The third kappa shape index (κ3) is 1.62. The summed E-state index contributed by atoms with van der Waals surface area (Å²) in [6.45, 7) is 1.87. The summed E-state index contributed by atoms with van der Waals surface area (Å²) in [4.78, 5) is 17.0. The monoisotopic (exact) mass is 262 g/mol. The molecule has 0 aliphatic heterocycles. The van der Waals surface area contributed by atoms with Crippen LogP contribution < -0.4 is 0 Å². The zero-order valence-electron chi connectivity index (χ0n) is 10.7.